The van der Waals surface area contributed by atoms with Crippen molar-refractivity contribution in [2.75, 3.05) is 19.8 Å². The van der Waals surface area contributed by atoms with Crippen LogP contribution in [0.25, 0.3) is 0 Å². The summed E-state index contributed by atoms with van der Waals surface area (Å²) in [5.74, 6) is 1.26. The fourth-order valence-corrected chi connectivity index (χ4v) is 3.18. The fourth-order valence-electron chi connectivity index (χ4n) is 3.18. The second-order valence-corrected chi connectivity index (χ2v) is 6.40. The van der Waals surface area contributed by atoms with Crippen LogP contribution in [0.4, 0.5) is 0 Å². The van der Waals surface area contributed by atoms with Crippen LogP contribution in [-0.4, -0.2) is 37.9 Å². The molecule has 0 radical (unpaired) electrons. The predicted molar refractivity (Wildman–Crippen MR) is 78.5 cm³/mol. The van der Waals surface area contributed by atoms with Gasteiger partial charge in [0, 0.05) is 19.1 Å². The highest BCUT2D eigenvalue weighted by Gasteiger charge is 2.26. The van der Waals surface area contributed by atoms with Crippen molar-refractivity contribution in [3.05, 3.63) is 0 Å². The summed E-state index contributed by atoms with van der Waals surface area (Å²) in [7, 11) is 0. The molecule has 0 aromatic carbocycles. The lowest BCUT2D eigenvalue weighted by Crippen LogP contribution is -2.41. The van der Waals surface area contributed by atoms with Gasteiger partial charge < -0.3 is 14.8 Å². The van der Waals surface area contributed by atoms with E-state index in [1.807, 2.05) is 6.92 Å². The van der Waals surface area contributed by atoms with Gasteiger partial charge in [-0.05, 0) is 31.6 Å². The molecule has 2 rings (SSSR count). The summed E-state index contributed by atoms with van der Waals surface area (Å²) in [5, 5.41) is 3.03. The van der Waals surface area contributed by atoms with E-state index in [1.165, 1.54) is 12.8 Å². The van der Waals surface area contributed by atoms with E-state index in [0.29, 0.717) is 5.92 Å². The number of nitrogens with one attached hydrogen (secondary N) is 1. The summed E-state index contributed by atoms with van der Waals surface area (Å²) in [6, 6.07) is 0. The lowest BCUT2D eigenvalue weighted by Gasteiger charge is -2.30. The maximum atomic E-state index is 12.2. The lowest BCUT2D eigenvalue weighted by atomic mass is 9.88. The zero-order valence-electron chi connectivity index (χ0n) is 12.9. The van der Waals surface area contributed by atoms with Gasteiger partial charge in [-0.2, -0.15) is 0 Å². The third-order valence-corrected chi connectivity index (χ3v) is 4.50. The topological polar surface area (TPSA) is 47.6 Å². The van der Waals surface area contributed by atoms with Gasteiger partial charge in [-0.1, -0.05) is 26.7 Å². The molecule has 1 saturated carbocycles. The molecule has 1 saturated heterocycles. The molecule has 0 aromatic rings. The van der Waals surface area contributed by atoms with Gasteiger partial charge in [0.05, 0.1) is 12.7 Å². The summed E-state index contributed by atoms with van der Waals surface area (Å²) in [5.41, 5.74) is 0. The third kappa shape index (κ3) is 4.74. The van der Waals surface area contributed by atoms with Gasteiger partial charge in [-0.3, -0.25) is 4.79 Å². The maximum Gasteiger partial charge on any atom is 0.249 e. The Balaban J connectivity index is 1.73. The summed E-state index contributed by atoms with van der Waals surface area (Å²) in [6.45, 7) is 6.62. The number of hydrogen-bond donors (Lipinski definition) is 1. The Bertz CT molecular complexity index is 302. The molecule has 1 heterocycles. The Hall–Kier alpha value is -0.610. The Labute approximate surface area is 122 Å². The molecule has 20 heavy (non-hydrogen) atoms. The molecule has 116 valence electrons. The second-order valence-electron chi connectivity index (χ2n) is 6.40. The van der Waals surface area contributed by atoms with Crippen LogP contribution in [0.2, 0.25) is 0 Å². The first-order valence-electron chi connectivity index (χ1n) is 8.20. The highest BCUT2D eigenvalue weighted by Crippen LogP contribution is 2.27. The number of hydrogen-bond acceptors (Lipinski definition) is 3. The first kappa shape index (κ1) is 15.8. The molecular formula is C16H29NO3. The molecule has 2 fully saturated rings. The highest BCUT2D eigenvalue weighted by atomic mass is 16.5. The molecule has 4 atom stereocenters. The van der Waals surface area contributed by atoms with E-state index in [4.69, 9.17) is 9.47 Å². The quantitative estimate of drug-likeness (QED) is 0.815. The van der Waals surface area contributed by atoms with Crippen molar-refractivity contribution in [2.45, 2.75) is 64.6 Å². The van der Waals surface area contributed by atoms with Crippen LogP contribution in [0.5, 0.6) is 0 Å². The molecule has 0 spiro atoms. The summed E-state index contributed by atoms with van der Waals surface area (Å²) in [6.07, 6.45) is 6.51. The smallest absolute Gasteiger partial charge is 0.249 e. The van der Waals surface area contributed by atoms with Gasteiger partial charge in [-0.25, -0.2) is 0 Å². The van der Waals surface area contributed by atoms with E-state index < -0.39 is 0 Å². The molecule has 1 aliphatic carbocycles. The summed E-state index contributed by atoms with van der Waals surface area (Å²) < 4.78 is 11.4. The molecular weight excluding hydrogens is 254 g/mol. The van der Waals surface area contributed by atoms with E-state index in [2.05, 4.69) is 12.2 Å². The monoisotopic (exact) mass is 283 g/mol. The van der Waals surface area contributed by atoms with E-state index in [1.54, 1.807) is 0 Å². The standard InChI is InChI=1S/C16H29NO3/c1-3-15(20-14-6-4-5-12(2)9-14)16(18)17-10-13-7-8-19-11-13/h12-15H,3-11H2,1-2H3,(H,17,18)/t12-,13-,14-,15+/m1/s1. The van der Waals surface area contributed by atoms with Gasteiger partial charge in [0.1, 0.15) is 6.10 Å². The summed E-state index contributed by atoms with van der Waals surface area (Å²) in [4.78, 5) is 12.2. The molecule has 0 aromatic heterocycles. The van der Waals surface area contributed by atoms with Crippen molar-refractivity contribution in [1.29, 1.82) is 0 Å². The minimum absolute atomic E-state index is 0.0534. The molecule has 4 heteroatoms. The van der Waals surface area contributed by atoms with Crippen LogP contribution >= 0.6 is 0 Å². The highest BCUT2D eigenvalue weighted by molar-refractivity contribution is 5.80. The SMILES string of the molecule is CC[C@H](O[C@@H]1CCC[C@@H](C)C1)C(=O)NC[C@H]1CCOC1. The average molecular weight is 283 g/mol. The normalized spacial score (nSPS) is 32.0. The zero-order chi connectivity index (χ0) is 14.4. The maximum absolute atomic E-state index is 12.2. The van der Waals surface area contributed by atoms with Gasteiger partial charge >= 0.3 is 0 Å². The van der Waals surface area contributed by atoms with Gasteiger partial charge in [0.15, 0.2) is 0 Å². The third-order valence-electron chi connectivity index (χ3n) is 4.50. The first-order chi connectivity index (χ1) is 9.69. The summed E-state index contributed by atoms with van der Waals surface area (Å²) >= 11 is 0. The second kappa shape index (κ2) is 7.99. The van der Waals surface area contributed by atoms with Crippen molar-refractivity contribution < 1.29 is 14.3 Å². The van der Waals surface area contributed by atoms with Crippen LogP contribution in [0, 0.1) is 11.8 Å². The lowest BCUT2D eigenvalue weighted by molar-refractivity contribution is -0.139. The Kier molecular flexibility index (Phi) is 6.30. The first-order valence-corrected chi connectivity index (χ1v) is 8.20. The predicted octanol–water partition coefficient (Wildman–Crippen LogP) is 2.51. The molecule has 4 nitrogen and oxygen atoms in total. The van der Waals surface area contributed by atoms with Gasteiger partial charge in [0.2, 0.25) is 5.91 Å². The van der Waals surface area contributed by atoms with Crippen LogP contribution in [-0.2, 0) is 14.3 Å². The minimum Gasteiger partial charge on any atom is -0.381 e. The number of ether oxygens (including phenoxy) is 2. The van der Waals surface area contributed by atoms with Crippen LogP contribution in [0.15, 0.2) is 0 Å². The van der Waals surface area contributed by atoms with Crippen molar-refractivity contribution in [3.8, 4) is 0 Å². The Morgan fingerprint density at radius 1 is 1.40 bits per heavy atom. The van der Waals surface area contributed by atoms with Gasteiger partial charge in [-0.15, -0.1) is 0 Å². The number of rotatable bonds is 6. The van der Waals surface area contributed by atoms with Crippen molar-refractivity contribution in [1.82, 2.24) is 5.32 Å². The molecule has 1 N–H and O–H groups in total. The van der Waals surface area contributed by atoms with Crippen molar-refractivity contribution in [3.63, 3.8) is 0 Å². The number of carbonyl (C=O) groups excluding carboxylic acids is 1. The molecule has 0 unspecified atom stereocenters. The van der Waals surface area contributed by atoms with E-state index >= 15 is 0 Å². The largest absolute Gasteiger partial charge is 0.381 e. The van der Waals surface area contributed by atoms with E-state index in [9.17, 15) is 4.79 Å². The average Bonchev–Trinajstić information content (AvgIpc) is 2.95. The van der Waals surface area contributed by atoms with Crippen LogP contribution in [0.1, 0.15) is 52.4 Å². The van der Waals surface area contributed by atoms with Crippen molar-refractivity contribution >= 4 is 5.91 Å². The zero-order valence-corrected chi connectivity index (χ0v) is 12.9. The number of amides is 1. The minimum atomic E-state index is -0.285. The molecule has 2 aliphatic rings. The van der Waals surface area contributed by atoms with Crippen molar-refractivity contribution in [2.24, 2.45) is 11.8 Å². The van der Waals surface area contributed by atoms with E-state index in [-0.39, 0.29) is 18.1 Å². The Morgan fingerprint density at radius 2 is 2.25 bits per heavy atom. The Morgan fingerprint density at radius 3 is 2.90 bits per heavy atom. The van der Waals surface area contributed by atoms with Crippen LogP contribution < -0.4 is 5.32 Å². The van der Waals surface area contributed by atoms with Crippen LogP contribution in [0.3, 0.4) is 0 Å². The number of carbonyl (C=O) groups is 1. The molecule has 0 bridgehead atoms. The molecule has 1 aliphatic heterocycles. The van der Waals surface area contributed by atoms with Gasteiger partial charge in [0.25, 0.3) is 0 Å². The van der Waals surface area contributed by atoms with E-state index in [0.717, 1.165) is 51.4 Å². The molecule has 1 amide bonds. The fraction of sp³-hybridized carbons (Fsp3) is 0.938.